The number of carbonyl (C=O) groups is 1. The normalized spacial score (nSPS) is 10.4. The molecule has 0 aliphatic rings. The fourth-order valence-electron chi connectivity index (χ4n) is 1.58. The van der Waals surface area contributed by atoms with Crippen LogP contribution in [0.1, 0.15) is 15.9 Å². The smallest absolute Gasteiger partial charge is 0.255 e. The number of aryl methyl sites for hydroxylation is 1. The maximum Gasteiger partial charge on any atom is 0.255 e. The minimum Gasteiger partial charge on any atom is -0.320 e. The molecule has 2 aromatic carbocycles. The Labute approximate surface area is 127 Å². The molecule has 0 spiro atoms. The van der Waals surface area contributed by atoms with E-state index in [4.69, 9.17) is 11.6 Å². The van der Waals surface area contributed by atoms with Crippen molar-refractivity contribution < 1.29 is 13.6 Å². The summed E-state index contributed by atoms with van der Waals surface area (Å²) in [7, 11) is 0. The number of hydrogen-bond acceptors (Lipinski definition) is 1. The van der Waals surface area contributed by atoms with Gasteiger partial charge in [-0.3, -0.25) is 4.79 Å². The zero-order chi connectivity index (χ0) is 14.9. The Morgan fingerprint density at radius 2 is 1.95 bits per heavy atom. The van der Waals surface area contributed by atoms with Crippen LogP contribution >= 0.6 is 27.5 Å². The second kappa shape index (κ2) is 5.89. The zero-order valence-corrected chi connectivity index (χ0v) is 12.6. The van der Waals surface area contributed by atoms with Gasteiger partial charge >= 0.3 is 0 Å². The zero-order valence-electron chi connectivity index (χ0n) is 10.3. The highest BCUT2D eigenvalue weighted by Gasteiger charge is 2.14. The highest BCUT2D eigenvalue weighted by molar-refractivity contribution is 9.10. The van der Waals surface area contributed by atoms with Crippen LogP contribution in [0.3, 0.4) is 0 Å². The van der Waals surface area contributed by atoms with Crippen molar-refractivity contribution in [2.45, 2.75) is 6.92 Å². The maximum atomic E-state index is 13.4. The van der Waals surface area contributed by atoms with Gasteiger partial charge in [0.1, 0.15) is 11.6 Å². The molecule has 2 rings (SSSR count). The van der Waals surface area contributed by atoms with Gasteiger partial charge in [-0.05, 0) is 52.7 Å². The van der Waals surface area contributed by atoms with Crippen molar-refractivity contribution in [3.63, 3.8) is 0 Å². The number of halogens is 4. The second-order valence-corrected chi connectivity index (χ2v) is 5.42. The first-order valence-electron chi connectivity index (χ1n) is 5.60. The number of nitrogens with one attached hydrogen (secondary N) is 1. The van der Waals surface area contributed by atoms with Gasteiger partial charge in [0.15, 0.2) is 0 Å². The van der Waals surface area contributed by atoms with E-state index in [-0.39, 0.29) is 16.3 Å². The number of rotatable bonds is 2. The largest absolute Gasteiger partial charge is 0.320 e. The Morgan fingerprint density at radius 1 is 1.25 bits per heavy atom. The third-order valence-electron chi connectivity index (χ3n) is 2.68. The van der Waals surface area contributed by atoms with Crippen LogP contribution in [-0.2, 0) is 0 Å². The van der Waals surface area contributed by atoms with E-state index in [1.807, 2.05) is 0 Å². The van der Waals surface area contributed by atoms with Crippen LogP contribution in [0.5, 0.6) is 0 Å². The molecule has 1 N–H and O–H groups in total. The Hall–Kier alpha value is -1.46. The number of carbonyl (C=O) groups excluding carboxylic acids is 1. The van der Waals surface area contributed by atoms with Crippen molar-refractivity contribution in [3.05, 3.63) is 62.6 Å². The Kier molecular flexibility index (Phi) is 4.40. The first kappa shape index (κ1) is 14.9. The number of hydrogen-bond donors (Lipinski definition) is 1. The molecule has 2 nitrogen and oxygen atoms in total. The Bertz CT molecular complexity index is 668. The van der Waals surface area contributed by atoms with E-state index in [1.54, 1.807) is 6.92 Å². The van der Waals surface area contributed by atoms with E-state index in [0.717, 1.165) is 12.1 Å². The van der Waals surface area contributed by atoms with Crippen molar-refractivity contribution >= 4 is 39.1 Å². The van der Waals surface area contributed by atoms with Crippen molar-refractivity contribution in [3.8, 4) is 0 Å². The van der Waals surface area contributed by atoms with Crippen LogP contribution in [0.25, 0.3) is 0 Å². The van der Waals surface area contributed by atoms with Crippen molar-refractivity contribution in [1.82, 2.24) is 0 Å². The highest BCUT2D eigenvalue weighted by Crippen LogP contribution is 2.32. The molecule has 0 radical (unpaired) electrons. The van der Waals surface area contributed by atoms with Crippen molar-refractivity contribution in [2.75, 3.05) is 5.32 Å². The predicted octanol–water partition coefficient (Wildman–Crippen LogP) is 4.94. The lowest BCUT2D eigenvalue weighted by Gasteiger charge is -2.10. The van der Waals surface area contributed by atoms with Gasteiger partial charge in [-0.2, -0.15) is 0 Å². The number of amides is 1. The molecule has 0 saturated carbocycles. The van der Waals surface area contributed by atoms with Crippen LogP contribution in [0.4, 0.5) is 14.5 Å². The van der Waals surface area contributed by atoms with Gasteiger partial charge in [-0.1, -0.05) is 17.7 Å². The quantitative estimate of drug-likeness (QED) is 0.807. The molecule has 1 amide bonds. The van der Waals surface area contributed by atoms with Gasteiger partial charge in [0, 0.05) is 10.0 Å². The third kappa shape index (κ3) is 3.16. The second-order valence-electron chi connectivity index (χ2n) is 4.16. The fourth-order valence-corrected chi connectivity index (χ4v) is 2.48. The minimum atomic E-state index is -0.530. The molecule has 0 fully saturated rings. The van der Waals surface area contributed by atoms with E-state index in [1.165, 1.54) is 18.2 Å². The SMILES string of the molecule is Cc1ccc(C(=O)Nc2c(Cl)cc(F)cc2Br)cc1F. The van der Waals surface area contributed by atoms with Gasteiger partial charge in [-0.25, -0.2) is 8.78 Å². The third-order valence-corrected chi connectivity index (χ3v) is 3.60. The monoisotopic (exact) mass is 359 g/mol. The topological polar surface area (TPSA) is 29.1 Å². The number of anilines is 1. The van der Waals surface area contributed by atoms with Crippen molar-refractivity contribution in [2.24, 2.45) is 0 Å². The summed E-state index contributed by atoms with van der Waals surface area (Å²) in [5.41, 5.74) is 0.835. The molecule has 0 unspecified atom stereocenters. The summed E-state index contributed by atoms with van der Waals surface area (Å²) in [5, 5.41) is 2.57. The predicted molar refractivity (Wildman–Crippen MR) is 78.2 cm³/mol. The number of benzene rings is 2. The van der Waals surface area contributed by atoms with E-state index in [2.05, 4.69) is 21.2 Å². The van der Waals surface area contributed by atoms with Crippen LogP contribution < -0.4 is 5.32 Å². The summed E-state index contributed by atoms with van der Waals surface area (Å²) in [6, 6.07) is 6.40. The molecule has 0 atom stereocenters. The molecule has 20 heavy (non-hydrogen) atoms. The molecular formula is C14H9BrClF2NO. The van der Waals surface area contributed by atoms with Crippen molar-refractivity contribution in [1.29, 1.82) is 0 Å². The Balaban J connectivity index is 2.30. The lowest BCUT2D eigenvalue weighted by molar-refractivity contribution is 0.102. The summed E-state index contributed by atoms with van der Waals surface area (Å²) in [6.45, 7) is 1.60. The lowest BCUT2D eigenvalue weighted by Crippen LogP contribution is -2.13. The summed E-state index contributed by atoms with van der Waals surface area (Å²) >= 11 is 8.98. The Morgan fingerprint density at radius 3 is 2.55 bits per heavy atom. The first-order valence-corrected chi connectivity index (χ1v) is 6.77. The van der Waals surface area contributed by atoms with Gasteiger partial charge in [0.25, 0.3) is 5.91 Å². The summed E-state index contributed by atoms with van der Waals surface area (Å²) < 4.78 is 26.8. The molecule has 0 saturated heterocycles. The fraction of sp³-hybridized carbons (Fsp3) is 0.0714. The first-order chi connectivity index (χ1) is 9.38. The minimum absolute atomic E-state index is 0.0535. The lowest BCUT2D eigenvalue weighted by atomic mass is 10.1. The van der Waals surface area contributed by atoms with E-state index >= 15 is 0 Å². The van der Waals surface area contributed by atoms with Gasteiger partial charge in [-0.15, -0.1) is 0 Å². The molecule has 0 aliphatic carbocycles. The summed E-state index contributed by atoms with van der Waals surface area (Å²) in [4.78, 5) is 12.0. The van der Waals surface area contributed by atoms with E-state index < -0.39 is 17.5 Å². The average molecular weight is 361 g/mol. The molecule has 0 aromatic heterocycles. The molecular weight excluding hydrogens is 352 g/mol. The molecule has 0 heterocycles. The average Bonchev–Trinajstić information content (AvgIpc) is 2.36. The van der Waals surface area contributed by atoms with E-state index in [9.17, 15) is 13.6 Å². The highest BCUT2D eigenvalue weighted by atomic mass is 79.9. The standard InChI is InChI=1S/C14H9BrClF2NO/c1-7-2-3-8(4-12(7)18)14(20)19-13-10(15)5-9(17)6-11(13)16/h2-6H,1H3,(H,19,20). The van der Waals surface area contributed by atoms with Crippen LogP contribution in [0.15, 0.2) is 34.8 Å². The molecule has 0 bridgehead atoms. The molecule has 0 aliphatic heterocycles. The van der Waals surface area contributed by atoms with E-state index in [0.29, 0.717) is 10.0 Å². The molecule has 6 heteroatoms. The van der Waals surface area contributed by atoms with Gasteiger partial charge in [0.2, 0.25) is 0 Å². The van der Waals surface area contributed by atoms with Gasteiger partial charge < -0.3 is 5.32 Å². The van der Waals surface area contributed by atoms with Crippen LogP contribution in [0, 0.1) is 18.6 Å². The summed E-state index contributed by atoms with van der Waals surface area (Å²) in [6.07, 6.45) is 0. The van der Waals surface area contributed by atoms with Crippen LogP contribution in [0.2, 0.25) is 5.02 Å². The summed E-state index contributed by atoms with van der Waals surface area (Å²) in [5.74, 6) is -1.53. The maximum absolute atomic E-state index is 13.4. The van der Waals surface area contributed by atoms with Gasteiger partial charge in [0.05, 0.1) is 10.7 Å². The molecule has 2 aromatic rings. The van der Waals surface area contributed by atoms with Crippen LogP contribution in [-0.4, -0.2) is 5.91 Å². The molecule has 104 valence electrons.